The van der Waals surface area contributed by atoms with Gasteiger partial charge in [-0.25, -0.2) is 0 Å². The van der Waals surface area contributed by atoms with Gasteiger partial charge in [0.15, 0.2) is 0 Å². The first-order valence-electron chi connectivity index (χ1n) is 8.38. The van der Waals surface area contributed by atoms with Crippen molar-refractivity contribution in [3.05, 3.63) is 29.8 Å². The highest BCUT2D eigenvalue weighted by molar-refractivity contribution is 5.48. The lowest BCUT2D eigenvalue weighted by Gasteiger charge is -2.37. The molecule has 1 aliphatic rings. The molecule has 0 aromatic heterocycles. The Morgan fingerprint density at radius 3 is 2.14 bits per heavy atom. The second kappa shape index (κ2) is 7.81. The molecule has 2 rings (SSSR count). The maximum Gasteiger partial charge on any atom is 0.0367 e. The fraction of sp³-hybridized carbons (Fsp3) is 0.667. The van der Waals surface area contributed by atoms with Crippen molar-refractivity contribution in [3.8, 4) is 0 Å². The Hall–Kier alpha value is -1.06. The highest BCUT2D eigenvalue weighted by Crippen LogP contribution is 2.22. The van der Waals surface area contributed by atoms with E-state index in [4.69, 9.17) is 0 Å². The Morgan fingerprint density at radius 1 is 1.05 bits per heavy atom. The zero-order chi connectivity index (χ0) is 15.2. The topological polar surface area (TPSA) is 18.5 Å². The average molecular weight is 289 g/mol. The van der Waals surface area contributed by atoms with Crippen LogP contribution in [-0.4, -0.2) is 44.7 Å². The van der Waals surface area contributed by atoms with Gasteiger partial charge in [-0.3, -0.25) is 4.90 Å². The lowest BCUT2D eigenvalue weighted by Crippen LogP contribution is -2.47. The molecule has 0 amide bonds. The molecule has 1 aromatic rings. The summed E-state index contributed by atoms with van der Waals surface area (Å²) < 4.78 is 0. The second-order valence-corrected chi connectivity index (χ2v) is 6.52. The third-order valence-electron chi connectivity index (χ3n) is 4.41. The van der Waals surface area contributed by atoms with Gasteiger partial charge in [-0.15, -0.1) is 0 Å². The highest BCUT2D eigenvalue weighted by atomic mass is 15.3. The number of benzene rings is 1. The van der Waals surface area contributed by atoms with Crippen LogP contribution in [0, 0.1) is 5.92 Å². The van der Waals surface area contributed by atoms with Gasteiger partial charge < -0.3 is 10.2 Å². The van der Waals surface area contributed by atoms with Crippen molar-refractivity contribution in [2.75, 3.05) is 44.7 Å². The molecule has 21 heavy (non-hydrogen) atoms. The molecule has 3 nitrogen and oxygen atoms in total. The summed E-state index contributed by atoms with van der Waals surface area (Å²) in [5.41, 5.74) is 2.76. The predicted molar refractivity (Wildman–Crippen MR) is 92.0 cm³/mol. The van der Waals surface area contributed by atoms with Crippen molar-refractivity contribution in [1.82, 2.24) is 10.2 Å². The van der Waals surface area contributed by atoms with Crippen molar-refractivity contribution in [1.29, 1.82) is 0 Å². The number of piperazine rings is 1. The number of rotatable bonds is 6. The molecule has 1 saturated heterocycles. The van der Waals surface area contributed by atoms with Crippen LogP contribution in [0.2, 0.25) is 0 Å². The fourth-order valence-corrected chi connectivity index (χ4v) is 3.23. The molecule has 1 fully saturated rings. The van der Waals surface area contributed by atoms with Crippen molar-refractivity contribution < 1.29 is 0 Å². The summed E-state index contributed by atoms with van der Waals surface area (Å²) in [6.07, 6.45) is 1.13. The molecule has 118 valence electrons. The van der Waals surface area contributed by atoms with Gasteiger partial charge in [0, 0.05) is 44.5 Å². The van der Waals surface area contributed by atoms with Gasteiger partial charge in [-0.2, -0.15) is 0 Å². The minimum absolute atomic E-state index is 0.474. The molecular weight excluding hydrogens is 258 g/mol. The summed E-state index contributed by atoms with van der Waals surface area (Å²) in [7, 11) is 2.04. The molecule has 0 spiro atoms. The number of hydrogen-bond acceptors (Lipinski definition) is 3. The van der Waals surface area contributed by atoms with Crippen LogP contribution >= 0.6 is 0 Å². The molecule has 0 aliphatic carbocycles. The van der Waals surface area contributed by atoms with Gasteiger partial charge in [-0.05, 0) is 37.1 Å². The van der Waals surface area contributed by atoms with E-state index in [9.17, 15) is 0 Å². The van der Waals surface area contributed by atoms with Crippen molar-refractivity contribution in [2.24, 2.45) is 5.92 Å². The molecule has 1 N–H and O–H groups in total. The van der Waals surface area contributed by atoms with Gasteiger partial charge in [0.25, 0.3) is 0 Å². The van der Waals surface area contributed by atoms with Crippen LogP contribution in [0.5, 0.6) is 0 Å². The molecule has 1 heterocycles. The van der Waals surface area contributed by atoms with E-state index in [2.05, 4.69) is 60.2 Å². The SMILES string of the molecule is CCC(NC)c1ccc(N2CCN(CC(C)C)CC2)cc1. The minimum atomic E-state index is 0.474. The van der Waals surface area contributed by atoms with Crippen LogP contribution in [-0.2, 0) is 0 Å². The van der Waals surface area contributed by atoms with Crippen LogP contribution in [0.3, 0.4) is 0 Å². The summed E-state index contributed by atoms with van der Waals surface area (Å²) in [5.74, 6) is 0.767. The number of nitrogens with one attached hydrogen (secondary N) is 1. The second-order valence-electron chi connectivity index (χ2n) is 6.52. The minimum Gasteiger partial charge on any atom is -0.369 e. The molecule has 3 heteroatoms. The smallest absolute Gasteiger partial charge is 0.0367 e. The van der Waals surface area contributed by atoms with E-state index < -0.39 is 0 Å². The van der Waals surface area contributed by atoms with Gasteiger partial charge in [0.05, 0.1) is 0 Å². The highest BCUT2D eigenvalue weighted by Gasteiger charge is 2.18. The number of anilines is 1. The zero-order valence-electron chi connectivity index (χ0n) is 14.1. The monoisotopic (exact) mass is 289 g/mol. The van der Waals surface area contributed by atoms with Crippen molar-refractivity contribution in [2.45, 2.75) is 33.2 Å². The predicted octanol–water partition coefficient (Wildman–Crippen LogP) is 3.14. The van der Waals surface area contributed by atoms with E-state index in [0.717, 1.165) is 25.4 Å². The van der Waals surface area contributed by atoms with Crippen LogP contribution in [0.15, 0.2) is 24.3 Å². The summed E-state index contributed by atoms with van der Waals surface area (Å²) in [6, 6.07) is 9.60. The molecule has 0 saturated carbocycles. The van der Waals surface area contributed by atoms with Gasteiger partial charge in [0.2, 0.25) is 0 Å². The maximum atomic E-state index is 3.37. The lowest BCUT2D eigenvalue weighted by atomic mass is 10.0. The molecule has 1 aliphatic heterocycles. The molecule has 1 unspecified atom stereocenters. The Kier molecular flexibility index (Phi) is 6.07. The molecule has 1 atom stereocenters. The van der Waals surface area contributed by atoms with Crippen LogP contribution < -0.4 is 10.2 Å². The van der Waals surface area contributed by atoms with Gasteiger partial charge >= 0.3 is 0 Å². The van der Waals surface area contributed by atoms with Gasteiger partial charge in [-0.1, -0.05) is 32.9 Å². The summed E-state index contributed by atoms with van der Waals surface area (Å²) in [6.45, 7) is 12.7. The van der Waals surface area contributed by atoms with E-state index in [1.54, 1.807) is 0 Å². The zero-order valence-corrected chi connectivity index (χ0v) is 14.1. The Bertz CT molecular complexity index is 401. The molecular formula is C18H31N3. The first kappa shape index (κ1) is 16.3. The van der Waals surface area contributed by atoms with Crippen LogP contribution in [0.4, 0.5) is 5.69 Å². The first-order valence-corrected chi connectivity index (χ1v) is 8.38. The number of nitrogens with zero attached hydrogens (tertiary/aromatic N) is 2. The molecule has 0 bridgehead atoms. The van der Waals surface area contributed by atoms with Crippen molar-refractivity contribution in [3.63, 3.8) is 0 Å². The Labute approximate surface area is 130 Å². The standard InChI is InChI=1S/C18H31N3/c1-5-18(19-4)16-6-8-17(9-7-16)21-12-10-20(11-13-21)14-15(2)3/h6-9,15,18-19H,5,10-14H2,1-4H3. The van der Waals surface area contributed by atoms with Crippen molar-refractivity contribution >= 4 is 5.69 Å². The third kappa shape index (κ3) is 4.45. The molecule has 0 radical (unpaired) electrons. The van der Waals surface area contributed by atoms with Crippen LogP contribution in [0.25, 0.3) is 0 Å². The summed E-state index contributed by atoms with van der Waals surface area (Å²) in [4.78, 5) is 5.10. The number of hydrogen-bond donors (Lipinski definition) is 1. The van der Waals surface area contributed by atoms with E-state index >= 15 is 0 Å². The molecule has 1 aromatic carbocycles. The normalized spacial score (nSPS) is 18.2. The van der Waals surface area contributed by atoms with E-state index in [1.165, 1.54) is 30.9 Å². The quantitative estimate of drug-likeness (QED) is 0.868. The van der Waals surface area contributed by atoms with E-state index in [-0.39, 0.29) is 0 Å². The Morgan fingerprint density at radius 2 is 1.67 bits per heavy atom. The first-order chi connectivity index (χ1) is 10.1. The maximum absolute atomic E-state index is 3.37. The Balaban J connectivity index is 1.92. The van der Waals surface area contributed by atoms with E-state index in [0.29, 0.717) is 6.04 Å². The average Bonchev–Trinajstić information content (AvgIpc) is 2.49. The van der Waals surface area contributed by atoms with Gasteiger partial charge in [0.1, 0.15) is 0 Å². The van der Waals surface area contributed by atoms with Crippen LogP contribution in [0.1, 0.15) is 38.8 Å². The largest absolute Gasteiger partial charge is 0.369 e. The van der Waals surface area contributed by atoms with E-state index in [1.807, 2.05) is 7.05 Å². The third-order valence-corrected chi connectivity index (χ3v) is 4.41. The fourth-order valence-electron chi connectivity index (χ4n) is 3.23. The lowest BCUT2D eigenvalue weighted by molar-refractivity contribution is 0.231. The summed E-state index contributed by atoms with van der Waals surface area (Å²) >= 11 is 0. The summed E-state index contributed by atoms with van der Waals surface area (Å²) in [5, 5.41) is 3.37.